The number of nitrogens with one attached hydrogen (secondary N) is 1. The Hall–Kier alpha value is -3.92. The Morgan fingerprint density at radius 2 is 2.00 bits per heavy atom. The molecule has 4 aromatic rings. The first-order chi connectivity index (χ1) is 12.7. The summed E-state index contributed by atoms with van der Waals surface area (Å²) in [5, 5.41) is 23.6. The van der Waals surface area contributed by atoms with Crippen molar-refractivity contribution in [1.29, 1.82) is 5.26 Å². The second-order valence-electron chi connectivity index (χ2n) is 5.78. The van der Waals surface area contributed by atoms with Crippen LogP contribution in [0.1, 0.15) is 16.7 Å². The minimum Gasteiger partial charge on any atom is -0.493 e. The predicted octanol–water partition coefficient (Wildman–Crippen LogP) is 2.25. The van der Waals surface area contributed by atoms with Crippen molar-refractivity contribution in [1.82, 2.24) is 19.6 Å². The maximum Gasteiger partial charge on any atom is 0.258 e. The molecule has 0 fully saturated rings. The van der Waals surface area contributed by atoms with E-state index in [-0.39, 0.29) is 17.9 Å². The third-order valence-electron chi connectivity index (χ3n) is 4.15. The van der Waals surface area contributed by atoms with Gasteiger partial charge in [-0.25, -0.2) is 0 Å². The molecule has 0 saturated carbocycles. The van der Waals surface area contributed by atoms with Gasteiger partial charge in [0.05, 0.1) is 34.7 Å². The van der Waals surface area contributed by atoms with Crippen LogP contribution in [0.25, 0.3) is 16.9 Å². The van der Waals surface area contributed by atoms with E-state index in [9.17, 15) is 9.90 Å². The van der Waals surface area contributed by atoms with Crippen LogP contribution >= 0.6 is 0 Å². The van der Waals surface area contributed by atoms with E-state index in [4.69, 9.17) is 5.26 Å². The third-order valence-corrected chi connectivity index (χ3v) is 4.15. The first-order valence-electron chi connectivity index (χ1n) is 7.89. The Kier molecular flexibility index (Phi) is 3.71. The number of hydrogen-bond donors (Lipinski definition) is 2. The number of hydrogen-bond acceptors (Lipinski definition) is 5. The Morgan fingerprint density at radius 1 is 1.19 bits per heavy atom. The molecule has 3 aromatic heterocycles. The van der Waals surface area contributed by atoms with Crippen molar-refractivity contribution in [2.24, 2.45) is 0 Å². The summed E-state index contributed by atoms with van der Waals surface area (Å²) in [4.78, 5) is 19.6. The summed E-state index contributed by atoms with van der Waals surface area (Å²) >= 11 is 0. The van der Waals surface area contributed by atoms with Gasteiger partial charge in [0.25, 0.3) is 5.56 Å². The highest BCUT2D eigenvalue weighted by Crippen LogP contribution is 2.25. The number of benzene rings is 1. The van der Waals surface area contributed by atoms with Gasteiger partial charge in [-0.1, -0.05) is 18.2 Å². The van der Waals surface area contributed by atoms with Gasteiger partial charge in [-0.05, 0) is 29.8 Å². The summed E-state index contributed by atoms with van der Waals surface area (Å²) in [7, 11) is 0. The Labute approximate surface area is 147 Å². The monoisotopic (exact) mass is 343 g/mol. The minimum atomic E-state index is -0.392. The molecule has 4 rings (SSSR count). The van der Waals surface area contributed by atoms with Gasteiger partial charge in [0.2, 0.25) is 5.88 Å². The molecule has 3 heterocycles. The smallest absolute Gasteiger partial charge is 0.258 e. The molecule has 26 heavy (non-hydrogen) atoms. The van der Waals surface area contributed by atoms with E-state index in [1.165, 1.54) is 4.52 Å². The van der Waals surface area contributed by atoms with Crippen LogP contribution in [0.5, 0.6) is 5.88 Å². The number of pyridine rings is 1. The van der Waals surface area contributed by atoms with Gasteiger partial charge in [0.15, 0.2) is 0 Å². The molecule has 1 aromatic carbocycles. The molecule has 7 nitrogen and oxygen atoms in total. The van der Waals surface area contributed by atoms with Gasteiger partial charge in [0.1, 0.15) is 5.65 Å². The van der Waals surface area contributed by atoms with Crippen LogP contribution in [0.2, 0.25) is 0 Å². The van der Waals surface area contributed by atoms with Gasteiger partial charge in [-0.15, -0.1) is 0 Å². The first-order valence-corrected chi connectivity index (χ1v) is 7.89. The van der Waals surface area contributed by atoms with Crippen molar-refractivity contribution < 1.29 is 5.11 Å². The van der Waals surface area contributed by atoms with E-state index in [1.807, 2.05) is 12.1 Å². The van der Waals surface area contributed by atoms with Crippen LogP contribution in [0.3, 0.4) is 0 Å². The molecule has 0 aliphatic heterocycles. The summed E-state index contributed by atoms with van der Waals surface area (Å²) in [5.74, 6) is -0.213. The molecule has 0 aliphatic carbocycles. The van der Waals surface area contributed by atoms with Crippen molar-refractivity contribution in [3.8, 4) is 23.2 Å². The molecule has 0 spiro atoms. The normalized spacial score (nSPS) is 10.7. The summed E-state index contributed by atoms with van der Waals surface area (Å²) in [5.41, 5.74) is 2.82. The lowest BCUT2D eigenvalue weighted by Crippen LogP contribution is -2.16. The zero-order chi connectivity index (χ0) is 18.1. The molecule has 2 N–H and O–H groups in total. The van der Waals surface area contributed by atoms with Crippen LogP contribution in [0.4, 0.5) is 0 Å². The first kappa shape index (κ1) is 15.6. The van der Waals surface area contributed by atoms with E-state index in [0.29, 0.717) is 22.5 Å². The molecular weight excluding hydrogens is 330 g/mol. The number of fused-ring (bicyclic) bond motifs is 1. The largest absolute Gasteiger partial charge is 0.493 e. The highest BCUT2D eigenvalue weighted by molar-refractivity contribution is 5.74. The predicted molar refractivity (Wildman–Crippen MR) is 94.7 cm³/mol. The molecule has 0 bridgehead atoms. The summed E-state index contributed by atoms with van der Waals surface area (Å²) in [6, 6.07) is 14.3. The summed E-state index contributed by atoms with van der Waals surface area (Å²) in [6.07, 6.45) is 3.43. The second-order valence-corrected chi connectivity index (χ2v) is 5.78. The number of aromatic hydroxyl groups is 1. The van der Waals surface area contributed by atoms with E-state index >= 15 is 0 Å². The van der Waals surface area contributed by atoms with Crippen LogP contribution in [0.15, 0.2) is 59.7 Å². The van der Waals surface area contributed by atoms with Gasteiger partial charge >= 0.3 is 0 Å². The van der Waals surface area contributed by atoms with Crippen molar-refractivity contribution in [3.05, 3.63) is 81.9 Å². The van der Waals surface area contributed by atoms with Crippen LogP contribution in [-0.2, 0) is 6.42 Å². The number of aromatic nitrogens is 4. The Balaban J connectivity index is 1.80. The number of rotatable bonds is 3. The fourth-order valence-corrected chi connectivity index (χ4v) is 2.81. The van der Waals surface area contributed by atoms with Crippen LogP contribution in [0, 0.1) is 11.3 Å². The minimum absolute atomic E-state index is 0.206. The van der Waals surface area contributed by atoms with E-state index in [0.717, 1.165) is 5.56 Å². The van der Waals surface area contributed by atoms with Gasteiger partial charge in [-0.3, -0.25) is 9.78 Å². The zero-order valence-corrected chi connectivity index (χ0v) is 13.5. The van der Waals surface area contributed by atoms with Crippen molar-refractivity contribution in [2.45, 2.75) is 6.42 Å². The lowest BCUT2D eigenvalue weighted by atomic mass is 10.1. The number of H-pyrrole nitrogens is 1. The van der Waals surface area contributed by atoms with E-state index < -0.39 is 5.56 Å². The number of nitrogens with zero attached hydrogens (tertiary/aromatic N) is 4. The standard InChI is InChI=1S/C19H13N5O2/c20-10-13-6-4-12(5-7-13)9-14-18(25)23-17-15(11-22-24(17)19(14)26)16-3-1-2-8-21-16/h1-8,11,26H,9H2,(H,23,25). The summed E-state index contributed by atoms with van der Waals surface area (Å²) in [6.45, 7) is 0. The highest BCUT2D eigenvalue weighted by Gasteiger charge is 2.17. The van der Waals surface area contributed by atoms with Crippen molar-refractivity contribution >= 4 is 5.65 Å². The maximum absolute atomic E-state index is 12.5. The van der Waals surface area contributed by atoms with E-state index in [2.05, 4.69) is 15.1 Å². The molecule has 0 atom stereocenters. The van der Waals surface area contributed by atoms with Gasteiger partial charge in [-0.2, -0.15) is 14.9 Å². The zero-order valence-electron chi connectivity index (χ0n) is 13.5. The lowest BCUT2D eigenvalue weighted by molar-refractivity contribution is 0.428. The summed E-state index contributed by atoms with van der Waals surface area (Å²) < 4.78 is 1.30. The molecule has 0 aliphatic rings. The molecule has 126 valence electrons. The molecule has 0 unspecified atom stereocenters. The SMILES string of the molecule is N#Cc1ccc(Cc2c(O)n3ncc(-c4ccccn4)c3[nH]c2=O)cc1. The second kappa shape index (κ2) is 6.18. The Bertz CT molecular complexity index is 1190. The van der Waals surface area contributed by atoms with Crippen molar-refractivity contribution in [2.75, 3.05) is 0 Å². The lowest BCUT2D eigenvalue weighted by Gasteiger charge is -2.07. The fourth-order valence-electron chi connectivity index (χ4n) is 2.81. The van der Waals surface area contributed by atoms with Crippen LogP contribution < -0.4 is 5.56 Å². The molecule has 0 saturated heterocycles. The highest BCUT2D eigenvalue weighted by atomic mass is 16.3. The Morgan fingerprint density at radius 3 is 2.69 bits per heavy atom. The van der Waals surface area contributed by atoms with Gasteiger partial charge < -0.3 is 10.1 Å². The molecule has 0 amide bonds. The average molecular weight is 343 g/mol. The molecule has 7 heteroatoms. The quantitative estimate of drug-likeness (QED) is 0.593. The maximum atomic E-state index is 12.5. The molecular formula is C19H13N5O2. The van der Waals surface area contributed by atoms with Gasteiger partial charge in [0, 0.05) is 12.6 Å². The third kappa shape index (κ3) is 2.59. The number of nitriles is 1. The van der Waals surface area contributed by atoms with E-state index in [1.54, 1.807) is 48.8 Å². The van der Waals surface area contributed by atoms with Crippen molar-refractivity contribution in [3.63, 3.8) is 0 Å². The van der Waals surface area contributed by atoms with Crippen LogP contribution in [-0.4, -0.2) is 24.7 Å². The molecule has 0 radical (unpaired) electrons. The number of aromatic amines is 1. The fraction of sp³-hybridized carbons (Fsp3) is 0.0526. The topological polar surface area (TPSA) is 107 Å². The average Bonchev–Trinajstić information content (AvgIpc) is 3.10.